The van der Waals surface area contributed by atoms with Crippen molar-refractivity contribution in [2.24, 2.45) is 0 Å². The molecule has 1 heterocycles. The second-order valence-corrected chi connectivity index (χ2v) is 7.71. The number of pyridine rings is 1. The Kier molecular flexibility index (Phi) is 6.23. The van der Waals surface area contributed by atoms with Gasteiger partial charge >= 0.3 is 5.97 Å². The van der Waals surface area contributed by atoms with Gasteiger partial charge in [-0.05, 0) is 42.8 Å². The van der Waals surface area contributed by atoms with E-state index < -0.39 is 16.0 Å². The first-order valence-electron chi connectivity index (χ1n) is 8.66. The molecule has 2 aromatic carbocycles. The molecule has 0 aliphatic rings. The van der Waals surface area contributed by atoms with Crippen LogP contribution in [0.3, 0.4) is 0 Å². The van der Waals surface area contributed by atoms with Crippen molar-refractivity contribution in [2.75, 3.05) is 20.3 Å². The lowest BCUT2D eigenvalue weighted by atomic mass is 10.2. The summed E-state index contributed by atoms with van der Waals surface area (Å²) in [6.45, 7) is 0.568. The van der Waals surface area contributed by atoms with E-state index in [0.29, 0.717) is 24.3 Å². The molecule has 3 rings (SSSR count). The van der Waals surface area contributed by atoms with Crippen molar-refractivity contribution in [3.63, 3.8) is 0 Å². The van der Waals surface area contributed by atoms with Crippen LogP contribution in [0.1, 0.15) is 16.8 Å². The number of aromatic nitrogens is 1. The molecule has 0 atom stereocenters. The highest BCUT2D eigenvalue weighted by atomic mass is 32.2. The average Bonchev–Trinajstić information content (AvgIpc) is 2.73. The number of benzene rings is 2. The number of esters is 1. The standard InChI is InChI=1S/C20H20N2O5S/c1-26-20(23)16-8-10-17(11-9-16)28(24,25)22-13-4-14-27-18-7-2-5-15-6-3-12-21-19(15)18/h2-3,5-12,22H,4,13-14H2,1H3. The van der Waals surface area contributed by atoms with Crippen LogP contribution in [0.2, 0.25) is 0 Å². The van der Waals surface area contributed by atoms with Crippen molar-refractivity contribution >= 4 is 26.9 Å². The minimum atomic E-state index is -3.66. The molecule has 0 spiro atoms. The zero-order chi connectivity index (χ0) is 20.0. The molecule has 0 saturated heterocycles. The number of methoxy groups -OCH3 is 1. The summed E-state index contributed by atoms with van der Waals surface area (Å²) >= 11 is 0. The SMILES string of the molecule is COC(=O)c1ccc(S(=O)(=O)NCCCOc2cccc3cccnc23)cc1. The third-order valence-corrected chi connectivity index (χ3v) is 5.53. The Morgan fingerprint density at radius 1 is 1.07 bits per heavy atom. The van der Waals surface area contributed by atoms with Gasteiger partial charge in [0.05, 0.1) is 24.2 Å². The fraction of sp³-hybridized carbons (Fsp3) is 0.200. The summed E-state index contributed by atoms with van der Waals surface area (Å²) in [6, 6.07) is 15.1. The number of fused-ring (bicyclic) bond motifs is 1. The molecule has 28 heavy (non-hydrogen) atoms. The topological polar surface area (TPSA) is 94.6 Å². The molecule has 0 saturated carbocycles. The largest absolute Gasteiger partial charge is 0.491 e. The number of para-hydroxylation sites is 1. The minimum absolute atomic E-state index is 0.0827. The van der Waals surface area contributed by atoms with Crippen LogP contribution in [0.15, 0.2) is 65.7 Å². The van der Waals surface area contributed by atoms with Crippen LogP contribution in [0.5, 0.6) is 5.75 Å². The second kappa shape index (κ2) is 8.81. The van der Waals surface area contributed by atoms with Gasteiger partial charge < -0.3 is 9.47 Å². The number of hydrogen-bond acceptors (Lipinski definition) is 6. The van der Waals surface area contributed by atoms with Crippen molar-refractivity contribution in [1.82, 2.24) is 9.71 Å². The molecule has 0 radical (unpaired) electrons. The maximum Gasteiger partial charge on any atom is 0.337 e. The Labute approximate surface area is 163 Å². The summed E-state index contributed by atoms with van der Waals surface area (Å²) in [5, 5.41) is 0.983. The summed E-state index contributed by atoms with van der Waals surface area (Å²) in [7, 11) is -2.39. The zero-order valence-corrected chi connectivity index (χ0v) is 16.1. The van der Waals surface area contributed by atoms with Crippen LogP contribution in [0, 0.1) is 0 Å². The predicted molar refractivity (Wildman–Crippen MR) is 105 cm³/mol. The van der Waals surface area contributed by atoms with Gasteiger partial charge in [-0.2, -0.15) is 0 Å². The van der Waals surface area contributed by atoms with Gasteiger partial charge in [-0.25, -0.2) is 17.9 Å². The molecule has 0 fully saturated rings. The minimum Gasteiger partial charge on any atom is -0.491 e. The van der Waals surface area contributed by atoms with E-state index in [1.807, 2.05) is 30.3 Å². The number of sulfonamides is 1. The number of rotatable bonds is 8. The van der Waals surface area contributed by atoms with E-state index in [4.69, 9.17) is 4.74 Å². The summed E-state index contributed by atoms with van der Waals surface area (Å²) in [4.78, 5) is 15.8. The van der Waals surface area contributed by atoms with Gasteiger partial charge in [-0.15, -0.1) is 0 Å². The van der Waals surface area contributed by atoms with E-state index in [1.54, 1.807) is 6.20 Å². The van der Waals surface area contributed by atoms with Crippen LogP contribution in [0.4, 0.5) is 0 Å². The van der Waals surface area contributed by atoms with Gasteiger partial charge in [-0.1, -0.05) is 18.2 Å². The molecule has 8 heteroatoms. The van der Waals surface area contributed by atoms with Gasteiger partial charge in [0.25, 0.3) is 0 Å². The van der Waals surface area contributed by atoms with Gasteiger partial charge in [-0.3, -0.25) is 4.98 Å². The zero-order valence-electron chi connectivity index (χ0n) is 15.3. The third kappa shape index (κ3) is 4.65. The van der Waals surface area contributed by atoms with E-state index >= 15 is 0 Å². The summed E-state index contributed by atoms with van der Waals surface area (Å²) in [6.07, 6.45) is 2.19. The third-order valence-electron chi connectivity index (χ3n) is 4.05. The Balaban J connectivity index is 1.52. The van der Waals surface area contributed by atoms with E-state index in [9.17, 15) is 13.2 Å². The normalized spacial score (nSPS) is 11.3. The van der Waals surface area contributed by atoms with Crippen LogP contribution in [-0.2, 0) is 14.8 Å². The summed E-state index contributed by atoms with van der Waals surface area (Å²) in [5.74, 6) is 0.149. The average molecular weight is 400 g/mol. The first-order chi connectivity index (χ1) is 13.5. The number of nitrogens with one attached hydrogen (secondary N) is 1. The lowest BCUT2D eigenvalue weighted by Gasteiger charge is -2.10. The molecular formula is C20H20N2O5S. The van der Waals surface area contributed by atoms with Gasteiger partial charge in [0.15, 0.2) is 0 Å². The molecule has 0 aliphatic carbocycles. The quantitative estimate of drug-likeness (QED) is 0.462. The Morgan fingerprint density at radius 2 is 1.82 bits per heavy atom. The maximum absolute atomic E-state index is 12.3. The molecule has 7 nitrogen and oxygen atoms in total. The van der Waals surface area contributed by atoms with Crippen LogP contribution in [0.25, 0.3) is 10.9 Å². The molecule has 0 aliphatic heterocycles. The number of carbonyl (C=O) groups is 1. The van der Waals surface area contributed by atoms with E-state index in [-0.39, 0.29) is 11.4 Å². The molecular weight excluding hydrogens is 380 g/mol. The Bertz CT molecular complexity index is 1060. The van der Waals surface area contributed by atoms with Gasteiger partial charge in [0, 0.05) is 18.1 Å². The van der Waals surface area contributed by atoms with Crippen molar-refractivity contribution in [1.29, 1.82) is 0 Å². The fourth-order valence-corrected chi connectivity index (χ4v) is 3.70. The van der Waals surface area contributed by atoms with Crippen molar-refractivity contribution in [2.45, 2.75) is 11.3 Å². The molecule has 1 N–H and O–H groups in total. The van der Waals surface area contributed by atoms with Crippen LogP contribution in [-0.4, -0.2) is 39.6 Å². The lowest BCUT2D eigenvalue weighted by molar-refractivity contribution is 0.0600. The Morgan fingerprint density at radius 3 is 2.57 bits per heavy atom. The van der Waals surface area contributed by atoms with E-state index in [2.05, 4.69) is 14.4 Å². The smallest absolute Gasteiger partial charge is 0.337 e. The molecule has 0 amide bonds. The first-order valence-corrected chi connectivity index (χ1v) is 10.1. The first kappa shape index (κ1) is 19.8. The van der Waals surface area contributed by atoms with E-state index in [1.165, 1.54) is 31.4 Å². The Hall–Kier alpha value is -2.97. The monoisotopic (exact) mass is 400 g/mol. The molecule has 0 unspecified atom stereocenters. The van der Waals surface area contributed by atoms with Crippen molar-refractivity contribution in [3.05, 3.63) is 66.4 Å². The molecule has 3 aromatic rings. The fourth-order valence-electron chi connectivity index (χ4n) is 2.62. The van der Waals surface area contributed by atoms with Gasteiger partial charge in [0.2, 0.25) is 10.0 Å². The molecule has 0 bridgehead atoms. The van der Waals surface area contributed by atoms with Crippen molar-refractivity contribution < 1.29 is 22.7 Å². The summed E-state index contributed by atoms with van der Waals surface area (Å²) < 4.78 is 37.5. The highest BCUT2D eigenvalue weighted by Gasteiger charge is 2.14. The molecule has 1 aromatic heterocycles. The number of carbonyl (C=O) groups excluding carboxylic acids is 1. The van der Waals surface area contributed by atoms with Crippen LogP contribution >= 0.6 is 0 Å². The molecule has 146 valence electrons. The van der Waals surface area contributed by atoms with Crippen molar-refractivity contribution in [3.8, 4) is 5.75 Å². The highest BCUT2D eigenvalue weighted by Crippen LogP contribution is 2.22. The van der Waals surface area contributed by atoms with E-state index in [0.717, 1.165) is 10.9 Å². The highest BCUT2D eigenvalue weighted by molar-refractivity contribution is 7.89. The number of ether oxygens (including phenoxy) is 2. The maximum atomic E-state index is 12.3. The van der Waals surface area contributed by atoms with Crippen LogP contribution < -0.4 is 9.46 Å². The van der Waals surface area contributed by atoms with Gasteiger partial charge in [0.1, 0.15) is 11.3 Å². The second-order valence-electron chi connectivity index (χ2n) is 5.95. The lowest BCUT2D eigenvalue weighted by Crippen LogP contribution is -2.26. The predicted octanol–water partition coefficient (Wildman–Crippen LogP) is 2.77. The number of nitrogens with zero attached hydrogens (tertiary/aromatic N) is 1. The number of hydrogen-bond donors (Lipinski definition) is 1. The summed E-state index contributed by atoms with van der Waals surface area (Å²) in [5.41, 5.74) is 1.06.